The van der Waals surface area contributed by atoms with Crippen molar-refractivity contribution >= 4 is 17.7 Å². The number of amides is 1. The van der Waals surface area contributed by atoms with E-state index < -0.39 is 0 Å². The normalized spacial score (nSPS) is 25.6. The number of fused-ring (bicyclic) bond motifs is 1. The molecule has 0 saturated carbocycles. The lowest BCUT2D eigenvalue weighted by Crippen LogP contribution is -2.48. The highest BCUT2D eigenvalue weighted by molar-refractivity contribution is 8.03. The number of β-lactam (4-membered cyclic amide) rings is 1. The fourth-order valence-electron chi connectivity index (χ4n) is 1.71. The number of hydrogen-bond acceptors (Lipinski definition) is 2. The van der Waals surface area contributed by atoms with E-state index in [1.54, 1.807) is 0 Å². The number of rotatable bonds is 4. The average molecular weight is 197 g/mol. The Morgan fingerprint density at radius 1 is 1.69 bits per heavy atom. The van der Waals surface area contributed by atoms with E-state index in [-0.39, 0.29) is 0 Å². The van der Waals surface area contributed by atoms with E-state index in [1.807, 2.05) is 16.7 Å². The van der Waals surface area contributed by atoms with Crippen LogP contribution in [0.25, 0.3) is 0 Å². The van der Waals surface area contributed by atoms with Crippen molar-refractivity contribution in [3.8, 4) is 0 Å². The van der Waals surface area contributed by atoms with Crippen LogP contribution in [-0.2, 0) is 4.79 Å². The fraction of sp³-hybridized carbons (Fsp3) is 0.700. The van der Waals surface area contributed by atoms with Crippen LogP contribution in [0.4, 0.5) is 0 Å². The van der Waals surface area contributed by atoms with E-state index in [1.165, 1.54) is 23.5 Å². The highest BCUT2D eigenvalue weighted by atomic mass is 32.2. The molecule has 0 N–H and O–H groups in total. The van der Waals surface area contributed by atoms with Crippen molar-refractivity contribution in [1.29, 1.82) is 0 Å². The molecule has 0 spiro atoms. The van der Waals surface area contributed by atoms with Crippen molar-refractivity contribution in [3.05, 3.63) is 11.0 Å². The predicted octanol–water partition coefficient (Wildman–Crippen LogP) is 2.02. The number of hydrogen-bond donors (Lipinski definition) is 0. The van der Waals surface area contributed by atoms with Gasteiger partial charge in [-0.25, -0.2) is 0 Å². The van der Waals surface area contributed by atoms with Crippen molar-refractivity contribution in [2.24, 2.45) is 0 Å². The van der Waals surface area contributed by atoms with Crippen molar-refractivity contribution in [2.75, 3.05) is 12.3 Å². The van der Waals surface area contributed by atoms with E-state index in [4.69, 9.17) is 0 Å². The van der Waals surface area contributed by atoms with Gasteiger partial charge in [-0.3, -0.25) is 4.79 Å². The second kappa shape index (κ2) is 3.74. The molecule has 2 aliphatic rings. The Hall–Kier alpha value is -0.440. The molecule has 1 atom stereocenters. The van der Waals surface area contributed by atoms with E-state index >= 15 is 0 Å². The van der Waals surface area contributed by atoms with Crippen LogP contribution in [0.5, 0.6) is 0 Å². The molecular formula is C10H15NOS. The van der Waals surface area contributed by atoms with E-state index in [0.29, 0.717) is 11.9 Å². The molecule has 0 aromatic heterocycles. The summed E-state index contributed by atoms with van der Waals surface area (Å²) < 4.78 is 0. The maximum Gasteiger partial charge on any atom is 0.225 e. The summed E-state index contributed by atoms with van der Waals surface area (Å²) in [5, 5.41) is 0. The Kier molecular flexibility index (Phi) is 2.63. The zero-order valence-corrected chi connectivity index (χ0v) is 8.77. The first-order valence-corrected chi connectivity index (χ1v) is 5.93. The van der Waals surface area contributed by atoms with Crippen molar-refractivity contribution < 1.29 is 4.79 Å². The Bertz CT molecular complexity index is 249. The third-order valence-electron chi connectivity index (χ3n) is 2.59. The molecule has 1 amide bonds. The van der Waals surface area contributed by atoms with Gasteiger partial charge in [0.15, 0.2) is 0 Å². The summed E-state index contributed by atoms with van der Waals surface area (Å²) in [6.07, 6.45) is 5.55. The molecular weight excluding hydrogens is 182 g/mol. The number of carbonyl (C=O) groups excluding carboxylic acids is 1. The summed E-state index contributed by atoms with van der Waals surface area (Å²) >= 11 is 1.93. The van der Waals surface area contributed by atoms with Crippen molar-refractivity contribution in [1.82, 2.24) is 4.90 Å². The molecule has 1 unspecified atom stereocenters. The van der Waals surface area contributed by atoms with Crippen molar-refractivity contribution in [3.63, 3.8) is 0 Å². The van der Waals surface area contributed by atoms with Crippen LogP contribution in [0, 0.1) is 0 Å². The topological polar surface area (TPSA) is 20.3 Å². The van der Waals surface area contributed by atoms with Crippen LogP contribution in [0.2, 0.25) is 0 Å². The van der Waals surface area contributed by atoms with Gasteiger partial charge in [-0.2, -0.15) is 0 Å². The van der Waals surface area contributed by atoms with Gasteiger partial charge in [0, 0.05) is 4.91 Å². The standard InChI is InChI=1S/C10H15NOS/c1-2-3-4-13-9-5-8-6-10(12)11(8)7-9/h5,8H,2-4,6-7H2,1H3. The minimum Gasteiger partial charge on any atom is -0.331 e. The van der Waals surface area contributed by atoms with Gasteiger partial charge in [0.05, 0.1) is 19.0 Å². The molecule has 1 saturated heterocycles. The number of nitrogens with zero attached hydrogens (tertiary/aromatic N) is 1. The second-order valence-electron chi connectivity index (χ2n) is 3.63. The molecule has 2 heterocycles. The Balaban J connectivity index is 1.77. The third-order valence-corrected chi connectivity index (χ3v) is 3.72. The summed E-state index contributed by atoms with van der Waals surface area (Å²) in [4.78, 5) is 14.4. The van der Waals surface area contributed by atoms with Gasteiger partial charge in [0.25, 0.3) is 0 Å². The minimum atomic E-state index is 0.326. The number of unbranched alkanes of at least 4 members (excludes halogenated alkanes) is 1. The molecule has 1 fully saturated rings. The SMILES string of the molecule is CCCCSC1=CC2CC(=O)N2C1. The summed E-state index contributed by atoms with van der Waals surface area (Å²) in [6.45, 7) is 3.10. The van der Waals surface area contributed by atoms with Crippen LogP contribution >= 0.6 is 11.8 Å². The van der Waals surface area contributed by atoms with Gasteiger partial charge in [-0.1, -0.05) is 19.4 Å². The molecule has 13 heavy (non-hydrogen) atoms. The van der Waals surface area contributed by atoms with Crippen LogP contribution in [0.1, 0.15) is 26.2 Å². The van der Waals surface area contributed by atoms with Gasteiger partial charge in [-0.05, 0) is 12.2 Å². The zero-order valence-electron chi connectivity index (χ0n) is 7.95. The monoisotopic (exact) mass is 197 g/mol. The summed E-state index contributed by atoms with van der Waals surface area (Å²) in [5.41, 5.74) is 0. The second-order valence-corrected chi connectivity index (χ2v) is 4.85. The first-order chi connectivity index (χ1) is 6.31. The van der Waals surface area contributed by atoms with E-state index in [0.717, 1.165) is 13.0 Å². The largest absolute Gasteiger partial charge is 0.331 e. The highest BCUT2D eigenvalue weighted by Crippen LogP contribution is 2.33. The van der Waals surface area contributed by atoms with Gasteiger partial charge >= 0.3 is 0 Å². The molecule has 0 bridgehead atoms. The fourth-order valence-corrected chi connectivity index (χ4v) is 2.89. The van der Waals surface area contributed by atoms with Crippen LogP contribution in [-0.4, -0.2) is 29.1 Å². The number of carbonyl (C=O) groups is 1. The number of thioether (sulfide) groups is 1. The van der Waals surface area contributed by atoms with Gasteiger partial charge in [0.2, 0.25) is 5.91 Å². The Morgan fingerprint density at radius 3 is 3.15 bits per heavy atom. The lowest BCUT2D eigenvalue weighted by molar-refractivity contribution is -0.141. The molecule has 2 nitrogen and oxygen atoms in total. The van der Waals surface area contributed by atoms with Crippen LogP contribution in [0.3, 0.4) is 0 Å². The summed E-state index contributed by atoms with van der Waals surface area (Å²) in [5.74, 6) is 1.53. The van der Waals surface area contributed by atoms with E-state index in [2.05, 4.69) is 13.0 Å². The molecule has 0 aliphatic carbocycles. The molecule has 3 heteroatoms. The first-order valence-electron chi connectivity index (χ1n) is 4.94. The average Bonchev–Trinajstić information content (AvgIpc) is 2.43. The highest BCUT2D eigenvalue weighted by Gasteiger charge is 2.38. The molecule has 0 aromatic carbocycles. The predicted molar refractivity (Wildman–Crippen MR) is 55.6 cm³/mol. The summed E-state index contributed by atoms with van der Waals surface area (Å²) in [7, 11) is 0. The maximum absolute atomic E-state index is 11.1. The quantitative estimate of drug-likeness (QED) is 0.507. The Morgan fingerprint density at radius 2 is 2.54 bits per heavy atom. The van der Waals surface area contributed by atoms with Gasteiger partial charge in [0.1, 0.15) is 0 Å². The molecule has 2 aliphatic heterocycles. The van der Waals surface area contributed by atoms with Crippen LogP contribution in [0.15, 0.2) is 11.0 Å². The van der Waals surface area contributed by atoms with Crippen molar-refractivity contribution in [2.45, 2.75) is 32.2 Å². The zero-order chi connectivity index (χ0) is 9.26. The summed E-state index contributed by atoms with van der Waals surface area (Å²) in [6, 6.07) is 0.455. The molecule has 0 aromatic rings. The van der Waals surface area contributed by atoms with E-state index in [9.17, 15) is 4.79 Å². The molecule has 2 rings (SSSR count). The smallest absolute Gasteiger partial charge is 0.225 e. The van der Waals surface area contributed by atoms with Gasteiger partial charge in [-0.15, -0.1) is 11.8 Å². The van der Waals surface area contributed by atoms with Gasteiger partial charge < -0.3 is 4.90 Å². The first kappa shape index (κ1) is 9.13. The minimum absolute atomic E-state index is 0.326. The Labute approximate surface area is 83.4 Å². The lowest BCUT2D eigenvalue weighted by atomic mass is 10.1. The maximum atomic E-state index is 11.1. The molecule has 72 valence electrons. The lowest BCUT2D eigenvalue weighted by Gasteiger charge is -2.33. The molecule has 0 radical (unpaired) electrons. The third kappa shape index (κ3) is 1.75. The van der Waals surface area contributed by atoms with Crippen LogP contribution < -0.4 is 0 Å².